The van der Waals surface area contributed by atoms with Crippen LogP contribution in [-0.2, 0) is 4.74 Å². The molecular weight excluding hydrogens is 454 g/mol. The van der Waals surface area contributed by atoms with E-state index in [2.05, 4.69) is 0 Å². The Morgan fingerprint density at radius 2 is 1.36 bits per heavy atom. The number of carbonyl (C=O) groups is 1. The van der Waals surface area contributed by atoms with Gasteiger partial charge in [-0.2, -0.15) is 0 Å². The van der Waals surface area contributed by atoms with Crippen molar-refractivity contribution in [2.75, 3.05) is 62.3 Å². The molecule has 0 aliphatic carbocycles. The Kier molecular flexibility index (Phi) is 6.61. The Balaban J connectivity index is 1.52. The van der Waals surface area contributed by atoms with Crippen molar-refractivity contribution in [1.82, 2.24) is 4.90 Å². The summed E-state index contributed by atoms with van der Waals surface area (Å²) in [4.78, 5) is 40.3. The molecule has 0 atom stereocenters. The Morgan fingerprint density at radius 3 is 1.94 bits per heavy atom. The van der Waals surface area contributed by atoms with Gasteiger partial charge in [-0.15, -0.1) is 0 Å². The number of piperazine rings is 1. The Morgan fingerprint density at radius 1 is 0.818 bits per heavy atom. The van der Waals surface area contributed by atoms with Crippen LogP contribution < -0.4 is 9.80 Å². The van der Waals surface area contributed by atoms with E-state index in [-0.39, 0.29) is 22.3 Å². The van der Waals surface area contributed by atoms with Crippen molar-refractivity contribution in [3.05, 3.63) is 67.2 Å². The summed E-state index contributed by atoms with van der Waals surface area (Å²) in [5.41, 5.74) is 1.41. The lowest BCUT2D eigenvalue weighted by Crippen LogP contribution is -2.49. The summed E-state index contributed by atoms with van der Waals surface area (Å²) >= 11 is 6.25. The topological polar surface area (TPSA) is 122 Å². The van der Waals surface area contributed by atoms with E-state index in [1.807, 2.05) is 9.80 Å². The maximum Gasteiger partial charge on any atom is 0.271 e. The Hall–Kier alpha value is -3.44. The van der Waals surface area contributed by atoms with Gasteiger partial charge in [0, 0.05) is 63.5 Å². The van der Waals surface area contributed by atoms with Crippen LogP contribution in [0.15, 0.2) is 36.4 Å². The van der Waals surface area contributed by atoms with Crippen LogP contribution in [0.4, 0.5) is 22.7 Å². The van der Waals surface area contributed by atoms with Gasteiger partial charge in [0.05, 0.1) is 45.0 Å². The number of hydrogen-bond acceptors (Lipinski definition) is 8. The Bertz CT molecular complexity index is 1080. The highest BCUT2D eigenvalue weighted by atomic mass is 35.5. The molecule has 0 N–H and O–H groups in total. The van der Waals surface area contributed by atoms with Crippen LogP contribution in [0.3, 0.4) is 0 Å². The highest BCUT2D eigenvalue weighted by molar-refractivity contribution is 6.33. The van der Waals surface area contributed by atoms with Crippen LogP contribution in [0, 0.1) is 20.2 Å². The third-order valence-corrected chi connectivity index (χ3v) is 6.13. The largest absolute Gasteiger partial charge is 0.378 e. The van der Waals surface area contributed by atoms with Crippen LogP contribution >= 0.6 is 11.6 Å². The molecule has 0 spiro atoms. The van der Waals surface area contributed by atoms with Crippen LogP contribution in [0.25, 0.3) is 0 Å². The molecule has 0 aromatic heterocycles. The molecule has 11 nitrogen and oxygen atoms in total. The molecule has 4 rings (SSSR count). The number of nitro groups is 2. The van der Waals surface area contributed by atoms with Gasteiger partial charge in [-0.05, 0) is 12.1 Å². The zero-order valence-corrected chi connectivity index (χ0v) is 18.4. The molecule has 0 unspecified atom stereocenters. The number of hydrogen-bond donors (Lipinski definition) is 0. The fourth-order valence-electron chi connectivity index (χ4n) is 4.08. The first-order valence-corrected chi connectivity index (χ1v) is 10.8. The number of non-ortho nitro benzene ring substituents is 2. The summed E-state index contributed by atoms with van der Waals surface area (Å²) in [6.07, 6.45) is 0. The Labute approximate surface area is 194 Å². The second-order valence-electron chi connectivity index (χ2n) is 7.73. The number of ether oxygens (including phenoxy) is 1. The number of nitrogens with zero attached hydrogens (tertiary/aromatic N) is 5. The fourth-order valence-corrected chi connectivity index (χ4v) is 4.37. The number of morpholine rings is 1. The van der Waals surface area contributed by atoms with Gasteiger partial charge in [0.25, 0.3) is 17.3 Å². The molecule has 2 aliphatic rings. The van der Waals surface area contributed by atoms with Gasteiger partial charge < -0.3 is 19.4 Å². The minimum atomic E-state index is -0.506. The van der Waals surface area contributed by atoms with Gasteiger partial charge in [0.1, 0.15) is 0 Å². The number of amides is 1. The maximum absolute atomic E-state index is 13.4. The van der Waals surface area contributed by atoms with Crippen molar-refractivity contribution in [3.8, 4) is 0 Å². The maximum atomic E-state index is 13.4. The first kappa shape index (κ1) is 22.7. The number of carbonyl (C=O) groups excluding carboxylic acids is 1. The second-order valence-corrected chi connectivity index (χ2v) is 8.14. The molecule has 12 heteroatoms. The lowest BCUT2D eigenvalue weighted by molar-refractivity contribution is -0.385. The van der Waals surface area contributed by atoms with Gasteiger partial charge in [-0.3, -0.25) is 25.0 Å². The summed E-state index contributed by atoms with van der Waals surface area (Å²) in [5, 5.41) is 22.5. The minimum absolute atomic E-state index is 0.0844. The number of anilines is 2. The van der Waals surface area contributed by atoms with Crippen LogP contribution in [0.2, 0.25) is 5.02 Å². The van der Waals surface area contributed by atoms with E-state index in [4.69, 9.17) is 16.3 Å². The van der Waals surface area contributed by atoms with E-state index in [1.54, 1.807) is 17.0 Å². The summed E-state index contributed by atoms with van der Waals surface area (Å²) in [6, 6.07) is 8.70. The van der Waals surface area contributed by atoms with E-state index >= 15 is 0 Å². The van der Waals surface area contributed by atoms with Crippen molar-refractivity contribution in [2.24, 2.45) is 0 Å². The molecule has 33 heavy (non-hydrogen) atoms. The molecule has 2 aromatic rings. The monoisotopic (exact) mass is 475 g/mol. The quantitative estimate of drug-likeness (QED) is 0.477. The van der Waals surface area contributed by atoms with Crippen LogP contribution in [0.1, 0.15) is 10.4 Å². The molecule has 2 heterocycles. The first-order chi connectivity index (χ1) is 15.8. The third-order valence-electron chi connectivity index (χ3n) is 5.82. The van der Waals surface area contributed by atoms with Gasteiger partial charge in [0.2, 0.25) is 0 Å². The van der Waals surface area contributed by atoms with E-state index in [1.165, 1.54) is 24.3 Å². The highest BCUT2D eigenvalue weighted by Gasteiger charge is 2.28. The molecular formula is C21H22ClN5O6. The molecule has 0 saturated carbocycles. The van der Waals surface area contributed by atoms with Crippen molar-refractivity contribution >= 4 is 40.3 Å². The molecule has 0 bridgehead atoms. The second kappa shape index (κ2) is 9.59. The number of nitro benzene ring substituents is 2. The average molecular weight is 476 g/mol. The van der Waals surface area contributed by atoms with E-state index in [0.717, 1.165) is 0 Å². The summed E-state index contributed by atoms with van der Waals surface area (Å²) in [5.74, 6) is -0.269. The third kappa shape index (κ3) is 4.83. The average Bonchev–Trinajstić information content (AvgIpc) is 2.83. The smallest absolute Gasteiger partial charge is 0.271 e. The molecule has 2 fully saturated rings. The zero-order chi connectivity index (χ0) is 23.5. The summed E-state index contributed by atoms with van der Waals surface area (Å²) in [6.45, 7) is 3.98. The van der Waals surface area contributed by atoms with Crippen molar-refractivity contribution in [1.29, 1.82) is 0 Å². The van der Waals surface area contributed by atoms with Crippen LogP contribution in [0.5, 0.6) is 0 Å². The predicted octanol–water partition coefficient (Wildman–Crippen LogP) is 2.96. The predicted molar refractivity (Wildman–Crippen MR) is 122 cm³/mol. The van der Waals surface area contributed by atoms with Crippen molar-refractivity contribution in [2.45, 2.75) is 0 Å². The lowest BCUT2D eigenvalue weighted by atomic mass is 10.1. The number of rotatable bonds is 5. The molecule has 2 aliphatic heterocycles. The SMILES string of the molecule is O=C(c1cc([N+](=O)[O-])ccc1N1CCOCC1)N1CCN(c2ccc([N+](=O)[O-])cc2Cl)CC1. The molecule has 174 valence electrons. The molecule has 2 saturated heterocycles. The number of benzene rings is 2. The van der Waals surface area contributed by atoms with Gasteiger partial charge in [-0.1, -0.05) is 11.6 Å². The summed E-state index contributed by atoms with van der Waals surface area (Å²) < 4.78 is 5.38. The zero-order valence-electron chi connectivity index (χ0n) is 17.7. The highest BCUT2D eigenvalue weighted by Crippen LogP contribution is 2.32. The van der Waals surface area contributed by atoms with Gasteiger partial charge in [0.15, 0.2) is 0 Å². The lowest BCUT2D eigenvalue weighted by Gasteiger charge is -2.37. The number of halogens is 1. The van der Waals surface area contributed by atoms with Crippen molar-refractivity contribution < 1.29 is 19.4 Å². The fraction of sp³-hybridized carbons (Fsp3) is 0.381. The standard InChI is InChI=1S/C21H22ClN5O6/c22-18-14-16(27(31)32)2-4-20(18)23-5-7-25(8-6-23)21(28)17-13-15(26(29)30)1-3-19(17)24-9-11-33-12-10-24/h1-4,13-14H,5-12H2. The minimum Gasteiger partial charge on any atom is -0.378 e. The molecule has 0 radical (unpaired) electrons. The molecule has 2 aromatic carbocycles. The van der Waals surface area contributed by atoms with Crippen LogP contribution in [-0.4, -0.2) is 73.1 Å². The van der Waals surface area contributed by atoms with E-state index in [9.17, 15) is 25.0 Å². The van der Waals surface area contributed by atoms with E-state index < -0.39 is 9.85 Å². The summed E-state index contributed by atoms with van der Waals surface area (Å²) in [7, 11) is 0. The van der Waals surface area contributed by atoms with Gasteiger partial charge >= 0.3 is 0 Å². The molecule has 1 amide bonds. The van der Waals surface area contributed by atoms with E-state index in [0.29, 0.717) is 69.4 Å². The van der Waals surface area contributed by atoms with Gasteiger partial charge in [-0.25, -0.2) is 0 Å². The first-order valence-electron chi connectivity index (χ1n) is 10.4. The van der Waals surface area contributed by atoms with Crippen molar-refractivity contribution in [3.63, 3.8) is 0 Å². The normalized spacial score (nSPS) is 16.6.